The lowest BCUT2D eigenvalue weighted by Crippen LogP contribution is -2.37. The maximum atomic E-state index is 13.6. The molecule has 1 heterocycles. The number of Topliss-reactive ketones (excluding diaryl/α,β-unsaturated/α-hetero) is 2. The topological polar surface area (TPSA) is 46.5 Å². The van der Waals surface area contributed by atoms with Crippen LogP contribution in [0.2, 0.25) is 0 Å². The quantitative estimate of drug-likeness (QED) is 0.507. The Labute approximate surface area is 181 Å². The first-order valence-corrected chi connectivity index (χ1v) is 10.9. The molecule has 0 radical (unpaired) electrons. The summed E-state index contributed by atoms with van der Waals surface area (Å²) in [4.78, 5) is 32.2. The summed E-state index contributed by atoms with van der Waals surface area (Å²) in [5, 5.41) is 2.22. The lowest BCUT2D eigenvalue weighted by Gasteiger charge is -2.38. The normalized spacial score (nSPS) is 24.0. The number of benzene rings is 3. The molecule has 3 nitrogen and oxygen atoms in total. The summed E-state index contributed by atoms with van der Waals surface area (Å²) < 4.78 is 0. The number of aliphatic imine (C=N–C) groups is 1. The fourth-order valence-corrected chi connectivity index (χ4v) is 5.74. The van der Waals surface area contributed by atoms with Crippen molar-refractivity contribution in [3.63, 3.8) is 0 Å². The van der Waals surface area contributed by atoms with Gasteiger partial charge in [0.25, 0.3) is 0 Å². The van der Waals surface area contributed by atoms with Gasteiger partial charge in [-0.1, -0.05) is 80.6 Å². The molecular weight excluding hydrogens is 382 g/mol. The van der Waals surface area contributed by atoms with Gasteiger partial charge in [0.2, 0.25) is 0 Å². The lowest BCUT2D eigenvalue weighted by molar-refractivity contribution is -0.118. The zero-order valence-electron chi connectivity index (χ0n) is 17.7. The van der Waals surface area contributed by atoms with Gasteiger partial charge >= 0.3 is 0 Å². The van der Waals surface area contributed by atoms with Crippen molar-refractivity contribution in [1.29, 1.82) is 0 Å². The van der Waals surface area contributed by atoms with E-state index in [4.69, 9.17) is 4.99 Å². The molecule has 1 aliphatic heterocycles. The zero-order valence-corrected chi connectivity index (χ0v) is 17.7. The number of hydrogen-bond donors (Lipinski definition) is 0. The van der Waals surface area contributed by atoms with Crippen molar-refractivity contribution < 1.29 is 9.59 Å². The summed E-state index contributed by atoms with van der Waals surface area (Å²) in [7, 11) is 0. The standard InChI is InChI=1S/C28H23NO2/c1-28(2)14-21-24(22(30)15-28)23(18-13-7-9-16-8-3-4-10-17(16)18)25-26(29-21)19-11-5-6-12-20(19)27(25)31/h3-13,23,25H,14-15H2,1-2H3/t23-,25+/m0/s1. The summed E-state index contributed by atoms with van der Waals surface area (Å²) in [6, 6.07) is 22.2. The first-order chi connectivity index (χ1) is 14.9. The molecule has 3 aromatic rings. The second kappa shape index (κ2) is 6.34. The molecule has 2 aliphatic carbocycles. The molecule has 3 aliphatic rings. The number of allylic oxidation sites excluding steroid dienone is 2. The Bertz CT molecular complexity index is 1350. The molecule has 0 aromatic heterocycles. The third kappa shape index (κ3) is 2.62. The first-order valence-electron chi connectivity index (χ1n) is 10.9. The summed E-state index contributed by atoms with van der Waals surface area (Å²) in [5.74, 6) is -0.517. The number of rotatable bonds is 1. The molecular formula is C28H23NO2. The highest BCUT2D eigenvalue weighted by Gasteiger charge is 2.50. The second-order valence-corrected chi connectivity index (χ2v) is 9.73. The monoisotopic (exact) mass is 405 g/mol. The Morgan fingerprint density at radius 2 is 1.52 bits per heavy atom. The molecule has 3 aromatic carbocycles. The minimum Gasteiger partial charge on any atom is -0.294 e. The van der Waals surface area contributed by atoms with Crippen LogP contribution in [0.4, 0.5) is 0 Å². The van der Waals surface area contributed by atoms with E-state index in [1.165, 1.54) is 0 Å². The van der Waals surface area contributed by atoms with Gasteiger partial charge in [-0.25, -0.2) is 0 Å². The summed E-state index contributed by atoms with van der Waals surface area (Å²) in [5.41, 5.74) is 5.03. The summed E-state index contributed by atoms with van der Waals surface area (Å²) in [6.45, 7) is 4.25. The highest BCUT2D eigenvalue weighted by Crippen LogP contribution is 2.52. The fraction of sp³-hybridized carbons (Fsp3) is 0.250. The van der Waals surface area contributed by atoms with Crippen molar-refractivity contribution in [2.75, 3.05) is 0 Å². The highest BCUT2D eigenvalue weighted by atomic mass is 16.1. The van der Waals surface area contributed by atoms with Crippen LogP contribution in [0, 0.1) is 11.3 Å². The Morgan fingerprint density at radius 3 is 2.35 bits per heavy atom. The molecule has 0 saturated heterocycles. The van der Waals surface area contributed by atoms with E-state index in [0.717, 1.165) is 50.9 Å². The first kappa shape index (κ1) is 18.4. The Kier molecular flexibility index (Phi) is 3.77. The van der Waals surface area contributed by atoms with Crippen LogP contribution < -0.4 is 0 Å². The maximum Gasteiger partial charge on any atom is 0.173 e. The zero-order chi connectivity index (χ0) is 21.3. The van der Waals surface area contributed by atoms with Gasteiger partial charge < -0.3 is 0 Å². The third-order valence-electron chi connectivity index (χ3n) is 7.00. The van der Waals surface area contributed by atoms with E-state index in [9.17, 15) is 9.59 Å². The largest absolute Gasteiger partial charge is 0.294 e. The van der Waals surface area contributed by atoms with E-state index in [1.54, 1.807) is 0 Å². The molecule has 0 saturated carbocycles. The number of fused-ring (bicyclic) bond motifs is 4. The van der Waals surface area contributed by atoms with Gasteiger partial charge in [-0.15, -0.1) is 0 Å². The van der Waals surface area contributed by atoms with Gasteiger partial charge in [0.15, 0.2) is 11.6 Å². The maximum absolute atomic E-state index is 13.6. The average molecular weight is 405 g/mol. The van der Waals surface area contributed by atoms with E-state index >= 15 is 0 Å². The number of nitrogens with zero attached hydrogens (tertiary/aromatic N) is 1. The van der Waals surface area contributed by atoms with Crippen LogP contribution in [0.3, 0.4) is 0 Å². The van der Waals surface area contributed by atoms with E-state index < -0.39 is 5.92 Å². The summed E-state index contributed by atoms with van der Waals surface area (Å²) >= 11 is 0. The van der Waals surface area contributed by atoms with Crippen LogP contribution in [-0.4, -0.2) is 17.3 Å². The Balaban J connectivity index is 1.66. The molecule has 0 unspecified atom stereocenters. The molecule has 0 bridgehead atoms. The van der Waals surface area contributed by atoms with Crippen LogP contribution in [0.1, 0.15) is 54.1 Å². The SMILES string of the molecule is CC1(C)CC(=O)C2=C(C1)N=C1c3ccccc3C(=O)[C@@H]1[C@H]2c1cccc2ccccc12. The summed E-state index contributed by atoms with van der Waals surface area (Å²) in [6.07, 6.45) is 1.24. The second-order valence-electron chi connectivity index (χ2n) is 9.73. The number of hydrogen-bond acceptors (Lipinski definition) is 3. The molecule has 152 valence electrons. The van der Waals surface area contributed by atoms with Crippen molar-refractivity contribution in [2.45, 2.75) is 32.6 Å². The molecule has 31 heavy (non-hydrogen) atoms. The van der Waals surface area contributed by atoms with Gasteiger partial charge in [-0.2, -0.15) is 0 Å². The van der Waals surface area contributed by atoms with Gasteiger partial charge in [0, 0.05) is 34.7 Å². The molecule has 6 rings (SSSR count). The van der Waals surface area contributed by atoms with Gasteiger partial charge in [0.05, 0.1) is 11.6 Å². The number of ketones is 2. The van der Waals surface area contributed by atoms with Gasteiger partial charge in [-0.3, -0.25) is 14.6 Å². The molecule has 0 fully saturated rings. The van der Waals surface area contributed by atoms with E-state index in [-0.39, 0.29) is 22.9 Å². The van der Waals surface area contributed by atoms with Crippen LogP contribution in [0.15, 0.2) is 83.0 Å². The predicted octanol–water partition coefficient (Wildman–Crippen LogP) is 5.88. The lowest BCUT2D eigenvalue weighted by atomic mass is 9.66. The molecule has 0 spiro atoms. The van der Waals surface area contributed by atoms with Crippen LogP contribution in [0.25, 0.3) is 10.8 Å². The molecule has 0 N–H and O–H groups in total. The smallest absolute Gasteiger partial charge is 0.173 e. The van der Waals surface area contributed by atoms with Crippen molar-refractivity contribution in [3.05, 3.63) is 94.7 Å². The van der Waals surface area contributed by atoms with Crippen LogP contribution in [-0.2, 0) is 4.79 Å². The van der Waals surface area contributed by atoms with Crippen molar-refractivity contribution in [2.24, 2.45) is 16.3 Å². The predicted molar refractivity (Wildman–Crippen MR) is 123 cm³/mol. The molecule has 0 amide bonds. The molecule has 3 heteroatoms. The minimum absolute atomic E-state index is 0.0801. The minimum atomic E-state index is -0.438. The number of carbonyl (C=O) groups excluding carboxylic acids is 2. The molecule has 2 atom stereocenters. The number of carbonyl (C=O) groups is 2. The van der Waals surface area contributed by atoms with Crippen LogP contribution >= 0.6 is 0 Å². The van der Waals surface area contributed by atoms with E-state index in [1.807, 2.05) is 42.5 Å². The highest BCUT2D eigenvalue weighted by molar-refractivity contribution is 6.30. The van der Waals surface area contributed by atoms with Gasteiger partial charge in [0.1, 0.15) is 0 Å². The Morgan fingerprint density at radius 1 is 0.806 bits per heavy atom. The Hall–Kier alpha value is -3.33. The average Bonchev–Trinajstić information content (AvgIpc) is 3.03. The fourth-order valence-electron chi connectivity index (χ4n) is 5.74. The van der Waals surface area contributed by atoms with Crippen molar-refractivity contribution >= 4 is 28.1 Å². The van der Waals surface area contributed by atoms with E-state index in [2.05, 4.69) is 38.1 Å². The third-order valence-corrected chi connectivity index (χ3v) is 7.00. The van der Waals surface area contributed by atoms with E-state index in [0.29, 0.717) is 6.42 Å². The van der Waals surface area contributed by atoms with Crippen molar-refractivity contribution in [1.82, 2.24) is 0 Å². The van der Waals surface area contributed by atoms with Crippen molar-refractivity contribution in [3.8, 4) is 0 Å². The van der Waals surface area contributed by atoms with Gasteiger partial charge in [-0.05, 0) is 28.2 Å². The van der Waals surface area contributed by atoms with Crippen LogP contribution in [0.5, 0.6) is 0 Å².